The fourth-order valence-electron chi connectivity index (χ4n) is 0.795. The van der Waals surface area contributed by atoms with E-state index in [2.05, 4.69) is 0 Å². The van der Waals surface area contributed by atoms with Crippen LogP contribution in [0.3, 0.4) is 0 Å². The van der Waals surface area contributed by atoms with E-state index in [0.717, 1.165) is 4.88 Å². The van der Waals surface area contributed by atoms with Crippen molar-refractivity contribution in [1.29, 1.82) is 0 Å². The van der Waals surface area contributed by atoms with Crippen LogP contribution >= 0.6 is 11.3 Å². The van der Waals surface area contributed by atoms with Crippen molar-refractivity contribution in [2.75, 3.05) is 0 Å². The predicted molar refractivity (Wildman–Crippen MR) is 50.9 cm³/mol. The number of carbonyl (C=O) groups excluding carboxylic acids is 1. The summed E-state index contributed by atoms with van der Waals surface area (Å²) in [5.41, 5.74) is 2.03. The molecular formula is C8H12N2O2S. The Hall–Kier alpha value is -0.910. The Labute approximate surface area is 80.7 Å². The van der Waals surface area contributed by atoms with Crippen LogP contribution in [0.1, 0.15) is 11.8 Å². The van der Waals surface area contributed by atoms with Gasteiger partial charge < -0.3 is 4.74 Å². The summed E-state index contributed by atoms with van der Waals surface area (Å²) < 4.78 is 5.26. The first-order chi connectivity index (χ1) is 6.24. The van der Waals surface area contributed by atoms with Crippen LogP contribution in [-0.4, -0.2) is 12.0 Å². The highest BCUT2D eigenvalue weighted by molar-refractivity contribution is 7.09. The molecule has 13 heavy (non-hydrogen) atoms. The van der Waals surface area contributed by atoms with Crippen molar-refractivity contribution in [3.05, 3.63) is 22.4 Å². The maximum absolute atomic E-state index is 10.9. The lowest BCUT2D eigenvalue weighted by atomic mass is 10.4. The molecule has 1 aromatic rings. The molecule has 0 aromatic carbocycles. The van der Waals surface area contributed by atoms with Crippen LogP contribution in [0.4, 0.5) is 0 Å². The molecule has 1 aromatic heterocycles. The number of hydrogen-bond donors (Lipinski definition) is 2. The number of hydrazine groups is 1. The fraction of sp³-hybridized carbons (Fsp3) is 0.375. The van der Waals surface area contributed by atoms with Gasteiger partial charge in [-0.2, -0.15) is 0 Å². The Balaban J connectivity index is 2.30. The smallest absolute Gasteiger partial charge is 0.262 e. The van der Waals surface area contributed by atoms with Gasteiger partial charge in [0.15, 0.2) is 0 Å². The van der Waals surface area contributed by atoms with Crippen LogP contribution < -0.4 is 11.3 Å². The quantitative estimate of drug-likeness (QED) is 0.426. The molecule has 1 atom stereocenters. The Morgan fingerprint density at radius 2 is 2.62 bits per heavy atom. The zero-order valence-corrected chi connectivity index (χ0v) is 8.14. The van der Waals surface area contributed by atoms with Gasteiger partial charge in [0.05, 0.1) is 6.61 Å². The minimum Gasteiger partial charge on any atom is -0.363 e. The van der Waals surface area contributed by atoms with Crippen molar-refractivity contribution >= 4 is 17.2 Å². The summed E-state index contributed by atoms with van der Waals surface area (Å²) in [5, 5.41) is 1.96. The van der Waals surface area contributed by atoms with Crippen molar-refractivity contribution in [3.8, 4) is 0 Å². The van der Waals surface area contributed by atoms with E-state index >= 15 is 0 Å². The largest absolute Gasteiger partial charge is 0.363 e. The summed E-state index contributed by atoms with van der Waals surface area (Å²) in [7, 11) is 0. The molecule has 0 bridgehead atoms. The molecule has 0 radical (unpaired) electrons. The zero-order chi connectivity index (χ0) is 9.68. The third kappa shape index (κ3) is 3.14. The van der Waals surface area contributed by atoms with E-state index in [0.29, 0.717) is 6.61 Å². The predicted octanol–water partition coefficient (Wildman–Crippen LogP) is 0.643. The van der Waals surface area contributed by atoms with Gasteiger partial charge in [-0.1, -0.05) is 6.07 Å². The van der Waals surface area contributed by atoms with Crippen LogP contribution in [0.5, 0.6) is 0 Å². The normalized spacial score (nSPS) is 12.5. The van der Waals surface area contributed by atoms with E-state index in [1.165, 1.54) is 0 Å². The van der Waals surface area contributed by atoms with Crippen LogP contribution in [0.25, 0.3) is 0 Å². The zero-order valence-electron chi connectivity index (χ0n) is 7.32. The molecule has 72 valence electrons. The molecule has 0 aliphatic heterocycles. The molecule has 1 rings (SSSR count). The second-order valence-electron chi connectivity index (χ2n) is 2.54. The second-order valence-corrected chi connectivity index (χ2v) is 3.57. The van der Waals surface area contributed by atoms with Gasteiger partial charge in [0.1, 0.15) is 6.10 Å². The minimum atomic E-state index is -0.507. The fourth-order valence-corrected chi connectivity index (χ4v) is 1.42. The van der Waals surface area contributed by atoms with Crippen LogP contribution in [0.2, 0.25) is 0 Å². The molecule has 4 nitrogen and oxygen atoms in total. The van der Waals surface area contributed by atoms with Gasteiger partial charge >= 0.3 is 0 Å². The number of rotatable bonds is 4. The summed E-state index contributed by atoms with van der Waals surface area (Å²) in [6, 6.07) is 3.90. The molecule has 0 aliphatic carbocycles. The minimum absolute atomic E-state index is 0.309. The monoisotopic (exact) mass is 200 g/mol. The number of nitrogens with one attached hydrogen (secondary N) is 1. The molecule has 1 unspecified atom stereocenters. The number of carbonyl (C=O) groups is 1. The number of hydrogen-bond acceptors (Lipinski definition) is 4. The molecule has 0 fully saturated rings. The van der Waals surface area contributed by atoms with Crippen LogP contribution in [0.15, 0.2) is 17.5 Å². The first-order valence-electron chi connectivity index (χ1n) is 3.88. The SMILES string of the molecule is CC(OCc1cccs1)C(=O)NN. The van der Waals surface area contributed by atoms with Crippen LogP contribution in [-0.2, 0) is 16.1 Å². The topological polar surface area (TPSA) is 64.3 Å². The van der Waals surface area contributed by atoms with Crippen LogP contribution in [0, 0.1) is 0 Å². The van der Waals surface area contributed by atoms with Gasteiger partial charge in [-0.05, 0) is 18.4 Å². The Kier molecular flexibility index (Phi) is 3.88. The molecular weight excluding hydrogens is 188 g/mol. The maximum atomic E-state index is 10.9. The molecule has 1 heterocycles. The summed E-state index contributed by atoms with van der Waals surface area (Å²) in [4.78, 5) is 12.0. The Bertz CT molecular complexity index is 261. The molecule has 3 N–H and O–H groups in total. The second kappa shape index (κ2) is 4.96. The van der Waals surface area contributed by atoms with E-state index in [1.807, 2.05) is 22.9 Å². The summed E-state index contributed by atoms with van der Waals surface area (Å²) in [5.74, 6) is 4.64. The highest BCUT2D eigenvalue weighted by Gasteiger charge is 2.11. The average Bonchev–Trinajstić information content (AvgIpc) is 2.65. The van der Waals surface area contributed by atoms with Gasteiger partial charge in [-0.25, -0.2) is 5.84 Å². The lowest BCUT2D eigenvalue weighted by Crippen LogP contribution is -2.38. The van der Waals surface area contributed by atoms with Crippen molar-refractivity contribution in [3.63, 3.8) is 0 Å². The number of amides is 1. The maximum Gasteiger partial charge on any atom is 0.262 e. The molecule has 5 heteroatoms. The van der Waals surface area contributed by atoms with Crippen molar-refractivity contribution < 1.29 is 9.53 Å². The number of thiophene rings is 1. The van der Waals surface area contributed by atoms with E-state index in [1.54, 1.807) is 18.3 Å². The van der Waals surface area contributed by atoms with Crippen molar-refractivity contribution in [2.45, 2.75) is 19.6 Å². The molecule has 1 amide bonds. The highest BCUT2D eigenvalue weighted by Crippen LogP contribution is 2.10. The molecule has 0 saturated heterocycles. The molecule has 0 saturated carbocycles. The highest BCUT2D eigenvalue weighted by atomic mass is 32.1. The lowest BCUT2D eigenvalue weighted by Gasteiger charge is -2.09. The van der Waals surface area contributed by atoms with Crippen molar-refractivity contribution in [1.82, 2.24) is 5.43 Å². The van der Waals surface area contributed by atoms with E-state index < -0.39 is 6.10 Å². The van der Waals surface area contributed by atoms with E-state index in [9.17, 15) is 4.79 Å². The molecule has 0 aliphatic rings. The molecule has 0 spiro atoms. The Morgan fingerprint density at radius 3 is 3.15 bits per heavy atom. The Morgan fingerprint density at radius 1 is 1.85 bits per heavy atom. The first kappa shape index (κ1) is 10.2. The summed E-state index contributed by atoms with van der Waals surface area (Å²) in [6.45, 7) is 2.11. The van der Waals surface area contributed by atoms with Gasteiger partial charge in [0.25, 0.3) is 5.91 Å². The van der Waals surface area contributed by atoms with Gasteiger partial charge in [0.2, 0.25) is 0 Å². The lowest BCUT2D eigenvalue weighted by molar-refractivity contribution is -0.132. The van der Waals surface area contributed by atoms with Gasteiger partial charge in [-0.3, -0.25) is 10.2 Å². The van der Waals surface area contributed by atoms with E-state index in [4.69, 9.17) is 10.6 Å². The van der Waals surface area contributed by atoms with Gasteiger partial charge in [0, 0.05) is 4.88 Å². The van der Waals surface area contributed by atoms with Crippen molar-refractivity contribution in [2.24, 2.45) is 5.84 Å². The first-order valence-corrected chi connectivity index (χ1v) is 4.76. The number of ether oxygens (including phenoxy) is 1. The van der Waals surface area contributed by atoms with Gasteiger partial charge in [-0.15, -0.1) is 11.3 Å². The standard InChI is InChI=1S/C8H12N2O2S/c1-6(8(11)10-9)12-5-7-3-2-4-13-7/h2-4,6H,5,9H2,1H3,(H,10,11). The summed E-state index contributed by atoms with van der Waals surface area (Å²) in [6.07, 6.45) is -0.507. The number of nitrogens with two attached hydrogens (primary N) is 1. The third-order valence-corrected chi connectivity index (χ3v) is 2.42. The summed E-state index contributed by atoms with van der Waals surface area (Å²) >= 11 is 1.60. The average molecular weight is 200 g/mol. The van der Waals surface area contributed by atoms with E-state index in [-0.39, 0.29) is 5.91 Å². The third-order valence-electron chi connectivity index (χ3n) is 1.57.